The largest absolute Gasteiger partial charge is 0.494 e. The lowest BCUT2D eigenvalue weighted by atomic mass is 9.96. The summed E-state index contributed by atoms with van der Waals surface area (Å²) in [6.07, 6.45) is 2.70. The molecule has 1 aliphatic heterocycles. The van der Waals surface area contributed by atoms with Crippen molar-refractivity contribution in [3.63, 3.8) is 0 Å². The van der Waals surface area contributed by atoms with Crippen molar-refractivity contribution in [2.45, 2.75) is 40.2 Å². The first kappa shape index (κ1) is 28.9. The fourth-order valence-corrected chi connectivity index (χ4v) is 6.17. The van der Waals surface area contributed by atoms with E-state index in [9.17, 15) is 9.59 Å². The van der Waals surface area contributed by atoms with Crippen LogP contribution in [-0.2, 0) is 9.53 Å². The number of allylic oxidation sites excluding steroid dienone is 1. The summed E-state index contributed by atoms with van der Waals surface area (Å²) in [5, 5.41) is 0. The lowest BCUT2D eigenvalue weighted by Gasteiger charge is -2.24. The molecule has 2 aromatic carbocycles. The Morgan fingerprint density at radius 3 is 2.51 bits per heavy atom. The SMILES string of the molecule is CCCOc1c(I)cc(/C=c2/sc3n(c2=O)[C@H](c2ccc(OCC)cc2)C(C(=O)OCC)=C(C)N=3)cc1OC. The monoisotopic (exact) mass is 662 g/mol. The number of rotatable bonds is 10. The Morgan fingerprint density at radius 2 is 1.87 bits per heavy atom. The highest BCUT2D eigenvalue weighted by atomic mass is 127. The molecule has 0 saturated carbocycles. The minimum absolute atomic E-state index is 0.217. The zero-order valence-electron chi connectivity index (χ0n) is 22.6. The van der Waals surface area contributed by atoms with Crippen molar-refractivity contribution >= 4 is 46.0 Å². The van der Waals surface area contributed by atoms with Crippen molar-refractivity contribution in [3.05, 3.63) is 82.1 Å². The number of halogens is 1. The van der Waals surface area contributed by atoms with E-state index in [-0.39, 0.29) is 12.2 Å². The van der Waals surface area contributed by atoms with E-state index >= 15 is 0 Å². The number of carbonyl (C=O) groups is 1. The molecule has 206 valence electrons. The fraction of sp³-hybridized carbons (Fsp3) is 0.345. The van der Waals surface area contributed by atoms with E-state index in [0.29, 0.717) is 51.1 Å². The molecule has 0 spiro atoms. The van der Waals surface area contributed by atoms with Gasteiger partial charge in [0.05, 0.1) is 52.3 Å². The number of ether oxygens (including phenoxy) is 4. The fourth-order valence-electron chi connectivity index (χ4n) is 4.34. The number of fused-ring (bicyclic) bond motifs is 1. The van der Waals surface area contributed by atoms with Gasteiger partial charge in [-0.3, -0.25) is 9.36 Å². The number of carbonyl (C=O) groups excluding carboxylic acids is 1. The maximum absolute atomic E-state index is 13.9. The summed E-state index contributed by atoms with van der Waals surface area (Å²) in [5.74, 6) is 1.50. The van der Waals surface area contributed by atoms with Gasteiger partial charge in [0.15, 0.2) is 16.3 Å². The van der Waals surface area contributed by atoms with Crippen LogP contribution >= 0.6 is 33.9 Å². The summed E-state index contributed by atoms with van der Waals surface area (Å²) in [7, 11) is 1.60. The smallest absolute Gasteiger partial charge is 0.338 e. The minimum atomic E-state index is -0.683. The molecule has 4 rings (SSSR count). The van der Waals surface area contributed by atoms with Crippen LogP contribution in [0.3, 0.4) is 0 Å². The topological polar surface area (TPSA) is 88.4 Å². The van der Waals surface area contributed by atoms with Crippen LogP contribution in [0.25, 0.3) is 6.08 Å². The Kier molecular flexibility index (Phi) is 9.49. The average molecular weight is 663 g/mol. The Balaban J connectivity index is 1.87. The van der Waals surface area contributed by atoms with Gasteiger partial charge in [-0.15, -0.1) is 0 Å². The van der Waals surface area contributed by atoms with Crippen LogP contribution in [0.4, 0.5) is 0 Å². The van der Waals surface area contributed by atoms with Crippen LogP contribution in [-0.4, -0.2) is 37.5 Å². The molecule has 1 atom stereocenters. The molecule has 10 heteroatoms. The minimum Gasteiger partial charge on any atom is -0.494 e. The molecule has 0 radical (unpaired) electrons. The van der Waals surface area contributed by atoms with Gasteiger partial charge in [0.1, 0.15) is 5.75 Å². The number of methoxy groups -OCH3 is 1. The molecule has 0 N–H and O–H groups in total. The van der Waals surface area contributed by atoms with Crippen LogP contribution in [0.15, 0.2) is 57.5 Å². The van der Waals surface area contributed by atoms with Crippen molar-refractivity contribution in [3.8, 4) is 17.2 Å². The van der Waals surface area contributed by atoms with E-state index in [1.54, 1.807) is 25.5 Å². The van der Waals surface area contributed by atoms with E-state index in [1.165, 1.54) is 11.3 Å². The van der Waals surface area contributed by atoms with Crippen molar-refractivity contribution in [1.29, 1.82) is 0 Å². The number of esters is 1. The van der Waals surface area contributed by atoms with Crippen LogP contribution in [0.1, 0.15) is 51.3 Å². The van der Waals surface area contributed by atoms with Gasteiger partial charge in [0.2, 0.25) is 0 Å². The molecule has 39 heavy (non-hydrogen) atoms. The summed E-state index contributed by atoms with van der Waals surface area (Å²) in [4.78, 5) is 32.1. The number of benzene rings is 2. The standard InChI is InChI=1S/C29H31IN2O6S/c1-6-13-38-26-21(30)14-18(15-22(26)35-5)16-23-27(33)32-25(19-9-11-20(12-10-19)36-7-2)24(28(34)37-8-3)17(4)31-29(32)39-23/h9-12,14-16,25H,6-8,13H2,1-5H3/b23-16+/t25-/m1/s1. The Morgan fingerprint density at radius 1 is 1.13 bits per heavy atom. The molecular formula is C29H31IN2O6S. The quantitative estimate of drug-likeness (QED) is 0.233. The first-order valence-corrected chi connectivity index (χ1v) is 14.6. The van der Waals surface area contributed by atoms with Crippen LogP contribution in [0.5, 0.6) is 17.2 Å². The first-order chi connectivity index (χ1) is 18.8. The van der Waals surface area contributed by atoms with Crippen LogP contribution < -0.4 is 29.1 Å². The van der Waals surface area contributed by atoms with Crippen molar-refractivity contribution in [2.75, 3.05) is 26.9 Å². The Bertz CT molecular complexity index is 1570. The second-order valence-corrected chi connectivity index (χ2v) is 10.9. The second-order valence-electron chi connectivity index (χ2n) is 8.69. The molecule has 1 aliphatic rings. The zero-order chi connectivity index (χ0) is 28.1. The molecule has 0 unspecified atom stereocenters. The predicted octanol–water partition coefficient (Wildman–Crippen LogP) is 4.60. The van der Waals surface area contributed by atoms with E-state index in [2.05, 4.69) is 27.6 Å². The number of nitrogens with zero attached hydrogens (tertiary/aromatic N) is 2. The van der Waals surface area contributed by atoms with Crippen molar-refractivity contribution in [2.24, 2.45) is 4.99 Å². The summed E-state index contributed by atoms with van der Waals surface area (Å²) in [6.45, 7) is 8.82. The summed E-state index contributed by atoms with van der Waals surface area (Å²) in [5.41, 5.74) is 2.18. The van der Waals surface area contributed by atoms with E-state index in [0.717, 1.165) is 21.1 Å². The second kappa shape index (κ2) is 12.8. The van der Waals surface area contributed by atoms with Gasteiger partial charge in [0.25, 0.3) is 5.56 Å². The Labute approximate surface area is 244 Å². The molecule has 0 bridgehead atoms. The zero-order valence-corrected chi connectivity index (χ0v) is 25.6. The first-order valence-electron chi connectivity index (χ1n) is 12.8. The van der Waals surface area contributed by atoms with Gasteiger partial charge in [-0.25, -0.2) is 9.79 Å². The van der Waals surface area contributed by atoms with Crippen molar-refractivity contribution in [1.82, 2.24) is 4.57 Å². The molecule has 1 aromatic heterocycles. The summed E-state index contributed by atoms with van der Waals surface area (Å²) in [6, 6.07) is 10.5. The molecule has 8 nitrogen and oxygen atoms in total. The van der Waals surface area contributed by atoms with Crippen LogP contribution in [0.2, 0.25) is 0 Å². The van der Waals surface area contributed by atoms with Gasteiger partial charge >= 0.3 is 5.97 Å². The maximum Gasteiger partial charge on any atom is 0.338 e. The number of hydrogen-bond acceptors (Lipinski definition) is 8. The number of aromatic nitrogens is 1. The van der Waals surface area contributed by atoms with Crippen molar-refractivity contribution < 1.29 is 23.7 Å². The number of hydrogen-bond donors (Lipinski definition) is 0. The normalized spacial score (nSPS) is 15.0. The average Bonchev–Trinajstić information content (AvgIpc) is 3.21. The molecule has 3 aromatic rings. The molecule has 0 fully saturated rings. The maximum atomic E-state index is 13.9. The van der Waals surface area contributed by atoms with Crippen LogP contribution in [0, 0.1) is 3.57 Å². The highest BCUT2D eigenvalue weighted by Crippen LogP contribution is 2.35. The van der Waals surface area contributed by atoms with Gasteiger partial charge in [-0.2, -0.15) is 0 Å². The lowest BCUT2D eigenvalue weighted by Crippen LogP contribution is -2.39. The third-order valence-corrected chi connectivity index (χ3v) is 7.81. The highest BCUT2D eigenvalue weighted by molar-refractivity contribution is 14.1. The van der Waals surface area contributed by atoms with Gasteiger partial charge in [-0.05, 0) is 91.3 Å². The summed E-state index contributed by atoms with van der Waals surface area (Å²) >= 11 is 3.49. The number of thiazole rings is 1. The van der Waals surface area contributed by atoms with Gasteiger partial charge in [0, 0.05) is 0 Å². The third-order valence-electron chi connectivity index (χ3n) is 6.02. The molecule has 0 amide bonds. The van der Waals surface area contributed by atoms with Gasteiger partial charge < -0.3 is 18.9 Å². The Hall–Kier alpha value is -3.12. The van der Waals surface area contributed by atoms with Gasteiger partial charge in [-0.1, -0.05) is 30.4 Å². The third kappa shape index (κ3) is 6.06. The molecule has 0 saturated heterocycles. The predicted molar refractivity (Wildman–Crippen MR) is 160 cm³/mol. The lowest BCUT2D eigenvalue weighted by molar-refractivity contribution is -0.139. The van der Waals surface area contributed by atoms with E-state index < -0.39 is 12.0 Å². The molecule has 0 aliphatic carbocycles. The van der Waals surface area contributed by atoms with E-state index in [1.807, 2.05) is 56.3 Å². The molecular weight excluding hydrogens is 631 g/mol. The highest BCUT2D eigenvalue weighted by Gasteiger charge is 2.33. The van der Waals surface area contributed by atoms with E-state index in [4.69, 9.17) is 18.9 Å². The molecule has 2 heterocycles. The summed E-state index contributed by atoms with van der Waals surface area (Å²) < 4.78 is 25.4.